The lowest BCUT2D eigenvalue weighted by molar-refractivity contribution is -0.0774. The van der Waals surface area contributed by atoms with Gasteiger partial charge in [0.1, 0.15) is 0 Å². The number of ether oxygens (including phenoxy) is 1. The maximum Gasteiger partial charge on any atom is 0.0829 e. The van der Waals surface area contributed by atoms with E-state index < -0.39 is 0 Å². The molecule has 2 rings (SSSR count). The molecule has 0 aromatic heterocycles. The minimum absolute atomic E-state index is 0.280. The van der Waals surface area contributed by atoms with E-state index in [0.29, 0.717) is 12.0 Å². The maximum atomic E-state index is 6.43. The summed E-state index contributed by atoms with van der Waals surface area (Å²) in [5, 5.41) is 0. The molecule has 22 heavy (non-hydrogen) atoms. The smallest absolute Gasteiger partial charge is 0.0829 e. The van der Waals surface area contributed by atoms with Gasteiger partial charge in [-0.05, 0) is 24.8 Å². The quantitative estimate of drug-likeness (QED) is 0.375. The van der Waals surface area contributed by atoms with Crippen molar-refractivity contribution in [3.05, 3.63) is 48.6 Å². The molecule has 0 amide bonds. The third kappa shape index (κ3) is 5.28. The molecular formula is C21H32O. The van der Waals surface area contributed by atoms with E-state index in [1.165, 1.54) is 56.9 Å². The van der Waals surface area contributed by atoms with Gasteiger partial charge in [-0.1, -0.05) is 81.9 Å². The Morgan fingerprint density at radius 1 is 1.05 bits per heavy atom. The molecule has 0 bridgehead atoms. The molecule has 122 valence electrons. The van der Waals surface area contributed by atoms with Crippen LogP contribution in [-0.4, -0.2) is 6.10 Å². The predicted octanol–water partition coefficient (Wildman–Crippen LogP) is 6.46. The molecule has 1 heterocycles. The molecule has 3 atom stereocenters. The summed E-state index contributed by atoms with van der Waals surface area (Å²) < 4.78 is 6.43. The molecule has 1 aromatic rings. The molecular weight excluding hydrogens is 268 g/mol. The SMILES string of the molecule is C=C[C@@H]1CC[C@@H](c2ccccc2)O[C@H]1CCCCCCCC. The van der Waals surface area contributed by atoms with Crippen LogP contribution in [0, 0.1) is 5.92 Å². The topological polar surface area (TPSA) is 9.23 Å². The summed E-state index contributed by atoms with van der Waals surface area (Å²) in [4.78, 5) is 0. The van der Waals surface area contributed by atoms with Gasteiger partial charge in [-0.25, -0.2) is 0 Å². The number of benzene rings is 1. The molecule has 0 N–H and O–H groups in total. The normalized spacial score (nSPS) is 25.0. The van der Waals surface area contributed by atoms with Crippen molar-refractivity contribution in [1.29, 1.82) is 0 Å². The molecule has 1 nitrogen and oxygen atoms in total. The van der Waals surface area contributed by atoms with Crippen LogP contribution < -0.4 is 0 Å². The number of rotatable bonds is 9. The Kier molecular flexibility index (Phi) is 7.73. The van der Waals surface area contributed by atoms with E-state index in [0.717, 1.165) is 6.42 Å². The summed E-state index contributed by atoms with van der Waals surface area (Å²) in [5.41, 5.74) is 1.33. The van der Waals surface area contributed by atoms with Crippen LogP contribution in [0.2, 0.25) is 0 Å². The van der Waals surface area contributed by atoms with E-state index in [9.17, 15) is 0 Å². The van der Waals surface area contributed by atoms with Crippen LogP contribution in [0.3, 0.4) is 0 Å². The lowest BCUT2D eigenvalue weighted by Gasteiger charge is -2.35. The van der Waals surface area contributed by atoms with Crippen LogP contribution in [0.4, 0.5) is 0 Å². The fraction of sp³-hybridized carbons (Fsp3) is 0.619. The van der Waals surface area contributed by atoms with Gasteiger partial charge < -0.3 is 4.74 Å². The first kappa shape index (κ1) is 17.3. The van der Waals surface area contributed by atoms with Crippen molar-refractivity contribution in [1.82, 2.24) is 0 Å². The fourth-order valence-corrected chi connectivity index (χ4v) is 3.50. The molecule has 1 aliphatic heterocycles. The molecule has 1 heteroatoms. The van der Waals surface area contributed by atoms with Gasteiger partial charge in [-0.15, -0.1) is 6.58 Å². The zero-order valence-electron chi connectivity index (χ0n) is 14.2. The Labute approximate surface area is 136 Å². The maximum absolute atomic E-state index is 6.43. The lowest BCUT2D eigenvalue weighted by atomic mass is 9.87. The molecule has 1 saturated heterocycles. The van der Waals surface area contributed by atoms with Crippen LogP contribution in [0.5, 0.6) is 0 Å². The summed E-state index contributed by atoms with van der Waals surface area (Å²) >= 11 is 0. The average molecular weight is 300 g/mol. The highest BCUT2D eigenvalue weighted by Gasteiger charge is 2.29. The minimum atomic E-state index is 0.280. The molecule has 1 aromatic carbocycles. The third-order valence-corrected chi connectivity index (χ3v) is 4.90. The van der Waals surface area contributed by atoms with Crippen LogP contribution in [-0.2, 0) is 4.74 Å². The number of unbranched alkanes of at least 4 members (excludes halogenated alkanes) is 5. The van der Waals surface area contributed by atoms with Gasteiger partial charge in [0.05, 0.1) is 12.2 Å². The van der Waals surface area contributed by atoms with Gasteiger partial charge >= 0.3 is 0 Å². The van der Waals surface area contributed by atoms with Crippen LogP contribution in [0.1, 0.15) is 76.4 Å². The molecule has 1 aliphatic rings. The van der Waals surface area contributed by atoms with Crippen molar-refractivity contribution < 1.29 is 4.74 Å². The monoisotopic (exact) mass is 300 g/mol. The predicted molar refractivity (Wildman–Crippen MR) is 95.0 cm³/mol. The van der Waals surface area contributed by atoms with Crippen LogP contribution in [0.25, 0.3) is 0 Å². The van der Waals surface area contributed by atoms with Gasteiger partial charge in [-0.3, -0.25) is 0 Å². The molecule has 1 fully saturated rings. The highest BCUT2D eigenvalue weighted by molar-refractivity contribution is 5.18. The van der Waals surface area contributed by atoms with Crippen molar-refractivity contribution >= 4 is 0 Å². The largest absolute Gasteiger partial charge is 0.370 e. The average Bonchev–Trinajstić information content (AvgIpc) is 2.58. The third-order valence-electron chi connectivity index (χ3n) is 4.90. The molecule has 0 aliphatic carbocycles. The summed E-state index contributed by atoms with van der Waals surface area (Å²) in [5.74, 6) is 0.538. The first-order valence-corrected chi connectivity index (χ1v) is 9.18. The second-order valence-corrected chi connectivity index (χ2v) is 6.61. The van der Waals surface area contributed by atoms with Crippen molar-refractivity contribution in [3.63, 3.8) is 0 Å². The number of hydrogen-bond donors (Lipinski definition) is 0. The summed E-state index contributed by atoms with van der Waals surface area (Å²) in [6, 6.07) is 10.7. The van der Waals surface area contributed by atoms with Gasteiger partial charge in [0, 0.05) is 5.92 Å². The van der Waals surface area contributed by atoms with Crippen molar-refractivity contribution in [2.75, 3.05) is 0 Å². The van der Waals surface area contributed by atoms with E-state index in [2.05, 4.69) is 49.9 Å². The Bertz CT molecular complexity index is 411. The van der Waals surface area contributed by atoms with E-state index in [1.54, 1.807) is 0 Å². The standard InChI is InChI=1S/C21H32O/c1-3-5-6-7-8-12-15-20-18(4-2)16-17-21(22-20)19-13-10-9-11-14-19/h4,9-11,13-14,18,20-21H,2-3,5-8,12,15-17H2,1H3/t18-,20+,21+/m1/s1. The zero-order chi connectivity index (χ0) is 15.6. The Hall–Kier alpha value is -1.08. The summed E-state index contributed by atoms with van der Waals surface area (Å²) in [6.07, 6.45) is 14.4. The van der Waals surface area contributed by atoms with E-state index in [4.69, 9.17) is 4.74 Å². The Balaban J connectivity index is 1.80. The molecule has 0 spiro atoms. The van der Waals surface area contributed by atoms with Crippen LogP contribution >= 0.6 is 0 Å². The highest BCUT2D eigenvalue weighted by Crippen LogP contribution is 2.36. The number of hydrogen-bond acceptors (Lipinski definition) is 1. The van der Waals surface area contributed by atoms with Crippen molar-refractivity contribution in [2.24, 2.45) is 5.92 Å². The minimum Gasteiger partial charge on any atom is -0.370 e. The lowest BCUT2D eigenvalue weighted by Crippen LogP contribution is -2.30. The molecule has 0 radical (unpaired) electrons. The highest BCUT2D eigenvalue weighted by atomic mass is 16.5. The van der Waals surface area contributed by atoms with Gasteiger partial charge in [0.2, 0.25) is 0 Å². The first-order chi connectivity index (χ1) is 10.8. The van der Waals surface area contributed by atoms with Gasteiger partial charge in [-0.2, -0.15) is 0 Å². The van der Waals surface area contributed by atoms with Crippen molar-refractivity contribution in [2.45, 2.75) is 76.9 Å². The summed E-state index contributed by atoms with van der Waals surface area (Å²) in [7, 11) is 0. The summed E-state index contributed by atoms with van der Waals surface area (Å²) in [6.45, 7) is 6.29. The zero-order valence-corrected chi connectivity index (χ0v) is 14.2. The van der Waals surface area contributed by atoms with Crippen LogP contribution in [0.15, 0.2) is 43.0 Å². The molecule has 0 saturated carbocycles. The van der Waals surface area contributed by atoms with E-state index >= 15 is 0 Å². The van der Waals surface area contributed by atoms with Gasteiger partial charge in [0.25, 0.3) is 0 Å². The molecule has 0 unspecified atom stereocenters. The van der Waals surface area contributed by atoms with E-state index in [-0.39, 0.29) is 6.10 Å². The Morgan fingerprint density at radius 2 is 1.77 bits per heavy atom. The fourth-order valence-electron chi connectivity index (χ4n) is 3.50. The second kappa shape index (κ2) is 9.84. The van der Waals surface area contributed by atoms with Gasteiger partial charge in [0.15, 0.2) is 0 Å². The first-order valence-electron chi connectivity index (χ1n) is 9.18. The Morgan fingerprint density at radius 3 is 2.50 bits per heavy atom. The van der Waals surface area contributed by atoms with E-state index in [1.807, 2.05) is 0 Å². The van der Waals surface area contributed by atoms with Crippen molar-refractivity contribution in [3.8, 4) is 0 Å². The second-order valence-electron chi connectivity index (χ2n) is 6.61.